The first-order chi connectivity index (χ1) is 6.35. The minimum atomic E-state index is -3.47. The molecule has 0 aliphatic heterocycles. The molecule has 0 atom stereocenters. The molecule has 5 nitrogen and oxygen atoms in total. The number of benzene rings is 1. The van der Waals surface area contributed by atoms with E-state index in [0.717, 1.165) is 4.31 Å². The fourth-order valence-electron chi connectivity index (χ4n) is 0.904. The summed E-state index contributed by atoms with van der Waals surface area (Å²) in [6.07, 6.45) is 0. The van der Waals surface area contributed by atoms with E-state index >= 15 is 0 Å². The Hall–Kier alpha value is -0.980. The fraction of sp³-hybridized carbons (Fsp3) is 0.250. The van der Waals surface area contributed by atoms with Gasteiger partial charge in [-0.3, -0.25) is 0 Å². The van der Waals surface area contributed by atoms with Crippen LogP contribution in [0.1, 0.15) is 0 Å². The third kappa shape index (κ3) is 2.74. The zero-order valence-corrected chi connectivity index (χ0v) is 9.97. The Kier molecular flexibility index (Phi) is 4.39. The Bertz CT molecular complexity index is 445. The van der Waals surface area contributed by atoms with E-state index in [1.165, 1.54) is 32.3 Å². The molecule has 0 aromatic heterocycles. The molecule has 1 rings (SSSR count). The average molecular weight is 253 g/mol. The van der Waals surface area contributed by atoms with Crippen molar-refractivity contribution in [1.82, 2.24) is 4.31 Å². The van der Waals surface area contributed by atoms with Gasteiger partial charge in [0, 0.05) is 14.1 Å². The summed E-state index contributed by atoms with van der Waals surface area (Å²) in [6.45, 7) is 0. The molecule has 0 amide bonds. The molecule has 1 aromatic rings. The van der Waals surface area contributed by atoms with Crippen LogP contribution in [-0.2, 0) is 10.0 Å². The molecule has 0 saturated heterocycles. The molecular weight excluding hydrogens is 240 g/mol. The molecule has 3 N–H and O–H groups in total. The van der Waals surface area contributed by atoms with Crippen molar-refractivity contribution in [3.05, 3.63) is 18.2 Å². The lowest BCUT2D eigenvalue weighted by atomic mass is 10.3. The van der Waals surface area contributed by atoms with E-state index in [1.54, 1.807) is 0 Å². The summed E-state index contributed by atoms with van der Waals surface area (Å²) < 4.78 is 24.3. The standard InChI is InChI=1S/C8H12N2O3S.ClH/c1-10(2)14(12,13)6-3-4-8(11)7(9)5-6;/h3-5,11H,9H2,1-2H3;1H. The highest BCUT2D eigenvalue weighted by Crippen LogP contribution is 2.24. The van der Waals surface area contributed by atoms with Crippen LogP contribution < -0.4 is 5.73 Å². The van der Waals surface area contributed by atoms with E-state index in [9.17, 15) is 8.42 Å². The van der Waals surface area contributed by atoms with Crippen molar-refractivity contribution in [3.63, 3.8) is 0 Å². The van der Waals surface area contributed by atoms with Crippen molar-refractivity contribution in [2.24, 2.45) is 0 Å². The third-order valence-corrected chi connectivity index (χ3v) is 3.59. The topological polar surface area (TPSA) is 83.6 Å². The summed E-state index contributed by atoms with van der Waals surface area (Å²) in [5, 5.41) is 9.11. The van der Waals surface area contributed by atoms with E-state index in [-0.39, 0.29) is 28.7 Å². The van der Waals surface area contributed by atoms with E-state index in [0.29, 0.717) is 0 Å². The van der Waals surface area contributed by atoms with Gasteiger partial charge in [0.15, 0.2) is 0 Å². The summed E-state index contributed by atoms with van der Waals surface area (Å²) >= 11 is 0. The number of aromatic hydroxyl groups is 1. The minimum absolute atomic E-state index is 0. The number of phenolic OH excluding ortho intramolecular Hbond substituents is 1. The molecule has 0 fully saturated rings. The van der Waals surface area contributed by atoms with E-state index in [2.05, 4.69) is 0 Å². The van der Waals surface area contributed by atoms with E-state index in [1.807, 2.05) is 0 Å². The molecule has 15 heavy (non-hydrogen) atoms. The lowest BCUT2D eigenvalue weighted by Gasteiger charge is -2.11. The van der Waals surface area contributed by atoms with E-state index < -0.39 is 10.0 Å². The second-order valence-electron chi connectivity index (χ2n) is 3.01. The SMILES string of the molecule is CN(C)S(=O)(=O)c1ccc(O)c(N)c1.Cl. The Morgan fingerprint density at radius 1 is 1.33 bits per heavy atom. The van der Waals surface area contributed by atoms with Crippen molar-refractivity contribution in [2.75, 3.05) is 19.8 Å². The maximum Gasteiger partial charge on any atom is 0.242 e. The molecule has 86 valence electrons. The molecule has 0 aliphatic rings. The predicted molar refractivity (Wildman–Crippen MR) is 60.6 cm³/mol. The summed E-state index contributed by atoms with van der Waals surface area (Å²) in [5.74, 6) is -0.122. The second-order valence-corrected chi connectivity index (χ2v) is 5.16. The molecule has 0 heterocycles. The first-order valence-corrected chi connectivity index (χ1v) is 5.30. The van der Waals surface area contributed by atoms with Crippen molar-refractivity contribution in [2.45, 2.75) is 4.90 Å². The Labute approximate surface area is 95.0 Å². The first kappa shape index (κ1) is 14.0. The van der Waals surface area contributed by atoms with Crippen LogP contribution in [0.3, 0.4) is 0 Å². The van der Waals surface area contributed by atoms with Crippen LogP contribution in [0, 0.1) is 0 Å². The normalized spacial score (nSPS) is 11.1. The number of nitrogen functional groups attached to an aromatic ring is 1. The molecule has 0 radical (unpaired) electrons. The number of phenols is 1. The largest absolute Gasteiger partial charge is 0.506 e. The van der Waals surface area contributed by atoms with Crippen LogP contribution in [0.2, 0.25) is 0 Å². The minimum Gasteiger partial charge on any atom is -0.506 e. The first-order valence-electron chi connectivity index (χ1n) is 3.86. The summed E-state index contributed by atoms with van der Waals surface area (Å²) in [7, 11) is -0.616. The van der Waals surface area contributed by atoms with Crippen molar-refractivity contribution < 1.29 is 13.5 Å². The van der Waals surface area contributed by atoms with Crippen LogP contribution in [0.15, 0.2) is 23.1 Å². The van der Waals surface area contributed by atoms with Gasteiger partial charge in [0.2, 0.25) is 10.0 Å². The van der Waals surface area contributed by atoms with Gasteiger partial charge >= 0.3 is 0 Å². The van der Waals surface area contributed by atoms with Crippen LogP contribution >= 0.6 is 12.4 Å². The Morgan fingerprint density at radius 3 is 2.27 bits per heavy atom. The van der Waals surface area contributed by atoms with Crippen molar-refractivity contribution in [1.29, 1.82) is 0 Å². The monoisotopic (exact) mass is 252 g/mol. The van der Waals surface area contributed by atoms with Crippen LogP contribution in [0.4, 0.5) is 5.69 Å². The number of hydrogen-bond donors (Lipinski definition) is 2. The lowest BCUT2D eigenvalue weighted by Crippen LogP contribution is -2.22. The number of nitrogens with two attached hydrogens (primary N) is 1. The third-order valence-electron chi connectivity index (χ3n) is 1.78. The zero-order valence-electron chi connectivity index (χ0n) is 8.34. The van der Waals surface area contributed by atoms with Gasteiger partial charge in [-0.15, -0.1) is 12.4 Å². The van der Waals surface area contributed by atoms with Crippen LogP contribution in [0.25, 0.3) is 0 Å². The quantitative estimate of drug-likeness (QED) is 0.598. The summed E-state index contributed by atoms with van der Waals surface area (Å²) in [4.78, 5) is 0.0674. The second kappa shape index (κ2) is 4.69. The van der Waals surface area contributed by atoms with Gasteiger partial charge in [0.1, 0.15) is 5.75 Å². The fourth-order valence-corrected chi connectivity index (χ4v) is 1.84. The number of halogens is 1. The molecule has 0 unspecified atom stereocenters. The number of rotatable bonds is 2. The molecule has 0 bridgehead atoms. The highest BCUT2D eigenvalue weighted by Gasteiger charge is 2.17. The van der Waals surface area contributed by atoms with Gasteiger partial charge in [-0.1, -0.05) is 0 Å². The molecular formula is C8H13ClN2O3S. The van der Waals surface area contributed by atoms with Gasteiger partial charge in [-0.2, -0.15) is 0 Å². The lowest BCUT2D eigenvalue weighted by molar-refractivity contribution is 0.477. The molecule has 7 heteroatoms. The van der Waals surface area contributed by atoms with Gasteiger partial charge in [-0.25, -0.2) is 12.7 Å². The maximum atomic E-state index is 11.6. The van der Waals surface area contributed by atoms with Crippen molar-refractivity contribution in [3.8, 4) is 5.75 Å². The summed E-state index contributed by atoms with van der Waals surface area (Å²) in [6, 6.07) is 3.79. The maximum absolute atomic E-state index is 11.6. The van der Waals surface area contributed by atoms with Crippen LogP contribution in [-0.4, -0.2) is 31.9 Å². The number of nitrogens with zero attached hydrogens (tertiary/aromatic N) is 1. The average Bonchev–Trinajstić information content (AvgIpc) is 2.09. The Morgan fingerprint density at radius 2 is 1.87 bits per heavy atom. The van der Waals surface area contributed by atoms with Gasteiger partial charge in [0.25, 0.3) is 0 Å². The van der Waals surface area contributed by atoms with Gasteiger partial charge in [-0.05, 0) is 18.2 Å². The number of hydrogen-bond acceptors (Lipinski definition) is 4. The molecule has 0 spiro atoms. The highest BCUT2D eigenvalue weighted by molar-refractivity contribution is 7.89. The smallest absolute Gasteiger partial charge is 0.242 e. The molecule has 0 aliphatic carbocycles. The summed E-state index contributed by atoms with van der Waals surface area (Å²) in [5.41, 5.74) is 5.43. The molecule has 0 saturated carbocycles. The molecule has 1 aromatic carbocycles. The van der Waals surface area contributed by atoms with Gasteiger partial charge in [0.05, 0.1) is 10.6 Å². The van der Waals surface area contributed by atoms with E-state index in [4.69, 9.17) is 10.8 Å². The van der Waals surface area contributed by atoms with Crippen LogP contribution in [0.5, 0.6) is 5.75 Å². The predicted octanol–water partition coefficient (Wildman–Crippen LogP) is 0.647. The Balaban J connectivity index is 0.00000196. The number of anilines is 1. The van der Waals surface area contributed by atoms with Crippen molar-refractivity contribution >= 4 is 28.1 Å². The number of sulfonamides is 1. The zero-order chi connectivity index (χ0) is 10.9. The highest BCUT2D eigenvalue weighted by atomic mass is 35.5. The van der Waals surface area contributed by atoms with Gasteiger partial charge < -0.3 is 10.8 Å².